The fourth-order valence-corrected chi connectivity index (χ4v) is 1.93. The van der Waals surface area contributed by atoms with Crippen molar-refractivity contribution in [2.45, 2.75) is 26.1 Å². The van der Waals surface area contributed by atoms with Crippen LogP contribution in [0.15, 0.2) is 18.2 Å². The van der Waals surface area contributed by atoms with E-state index in [2.05, 4.69) is 10.2 Å². The number of nitrogens with one attached hydrogen (secondary N) is 1. The highest BCUT2D eigenvalue weighted by Crippen LogP contribution is 2.13. The molecule has 0 heterocycles. The number of rotatable bonds is 7. The van der Waals surface area contributed by atoms with Crippen LogP contribution in [0.25, 0.3) is 0 Å². The van der Waals surface area contributed by atoms with Crippen LogP contribution in [0.4, 0.5) is 4.39 Å². The van der Waals surface area contributed by atoms with Gasteiger partial charge in [-0.15, -0.1) is 0 Å². The van der Waals surface area contributed by atoms with Crippen LogP contribution in [-0.2, 0) is 17.8 Å². The SMILES string of the molecule is CNCc1ccc(F)c(CN(C)CC(C)OC)c1. The lowest BCUT2D eigenvalue weighted by Gasteiger charge is -2.21. The molecular weight excluding hydrogens is 231 g/mol. The molecule has 0 bridgehead atoms. The van der Waals surface area contributed by atoms with Gasteiger partial charge in [-0.2, -0.15) is 0 Å². The van der Waals surface area contributed by atoms with Crippen LogP contribution in [0.1, 0.15) is 18.1 Å². The molecule has 0 aliphatic carbocycles. The van der Waals surface area contributed by atoms with Gasteiger partial charge in [0.2, 0.25) is 0 Å². The summed E-state index contributed by atoms with van der Waals surface area (Å²) in [5.74, 6) is -0.147. The van der Waals surface area contributed by atoms with E-state index in [1.54, 1.807) is 7.11 Å². The van der Waals surface area contributed by atoms with E-state index in [1.165, 1.54) is 6.07 Å². The molecule has 1 N–H and O–H groups in total. The number of likely N-dealkylation sites (N-methyl/N-ethyl adjacent to an activating group) is 1. The summed E-state index contributed by atoms with van der Waals surface area (Å²) in [6.07, 6.45) is 0.151. The van der Waals surface area contributed by atoms with Crippen molar-refractivity contribution in [3.8, 4) is 0 Å². The second-order valence-electron chi connectivity index (χ2n) is 4.70. The Balaban J connectivity index is 2.67. The standard InChI is InChI=1S/C14H23FN2O/c1-11(18-4)9-17(3)10-13-7-12(8-16-2)5-6-14(13)15/h5-7,11,16H,8-10H2,1-4H3. The molecule has 1 rings (SSSR count). The molecule has 3 nitrogen and oxygen atoms in total. The molecular formula is C14H23FN2O. The average molecular weight is 254 g/mol. The summed E-state index contributed by atoms with van der Waals surface area (Å²) in [6, 6.07) is 5.27. The lowest BCUT2D eigenvalue weighted by Crippen LogP contribution is -2.28. The first kappa shape index (κ1) is 15.1. The van der Waals surface area contributed by atoms with Crippen LogP contribution >= 0.6 is 0 Å². The van der Waals surface area contributed by atoms with Crippen molar-refractivity contribution in [1.82, 2.24) is 10.2 Å². The molecule has 0 aliphatic rings. The highest BCUT2D eigenvalue weighted by molar-refractivity contribution is 5.25. The maximum atomic E-state index is 13.7. The zero-order chi connectivity index (χ0) is 13.5. The molecule has 0 amide bonds. The topological polar surface area (TPSA) is 24.5 Å². The zero-order valence-corrected chi connectivity index (χ0v) is 11.7. The van der Waals surface area contributed by atoms with Crippen molar-refractivity contribution in [3.63, 3.8) is 0 Å². The molecule has 0 fully saturated rings. The van der Waals surface area contributed by atoms with E-state index in [0.717, 1.165) is 24.2 Å². The largest absolute Gasteiger partial charge is 0.380 e. The second kappa shape index (κ2) is 7.46. The number of hydrogen-bond donors (Lipinski definition) is 1. The monoisotopic (exact) mass is 254 g/mol. The van der Waals surface area contributed by atoms with Gasteiger partial charge in [0.1, 0.15) is 5.82 Å². The summed E-state index contributed by atoms with van der Waals surface area (Å²) in [7, 11) is 5.54. The van der Waals surface area contributed by atoms with E-state index in [-0.39, 0.29) is 11.9 Å². The third-order valence-electron chi connectivity index (χ3n) is 2.90. The van der Waals surface area contributed by atoms with Crippen molar-refractivity contribution >= 4 is 0 Å². The summed E-state index contributed by atoms with van der Waals surface area (Å²) in [5, 5.41) is 3.07. The maximum Gasteiger partial charge on any atom is 0.127 e. The van der Waals surface area contributed by atoms with Gasteiger partial charge in [0.25, 0.3) is 0 Å². The van der Waals surface area contributed by atoms with E-state index in [4.69, 9.17) is 4.74 Å². The summed E-state index contributed by atoms with van der Waals surface area (Å²) in [4.78, 5) is 2.07. The van der Waals surface area contributed by atoms with Gasteiger partial charge < -0.3 is 10.1 Å². The van der Waals surface area contributed by atoms with Gasteiger partial charge in [-0.3, -0.25) is 4.90 Å². The first-order valence-electron chi connectivity index (χ1n) is 6.20. The Morgan fingerprint density at radius 2 is 2.17 bits per heavy atom. The molecule has 1 atom stereocenters. The van der Waals surface area contributed by atoms with Crippen LogP contribution in [0.5, 0.6) is 0 Å². The van der Waals surface area contributed by atoms with Crippen LogP contribution in [-0.4, -0.2) is 38.8 Å². The number of nitrogens with zero attached hydrogens (tertiary/aromatic N) is 1. The van der Waals surface area contributed by atoms with Crippen LogP contribution in [0.2, 0.25) is 0 Å². The van der Waals surface area contributed by atoms with Gasteiger partial charge in [-0.05, 0) is 32.6 Å². The minimum atomic E-state index is -0.147. The Morgan fingerprint density at radius 3 is 2.78 bits per heavy atom. The second-order valence-corrected chi connectivity index (χ2v) is 4.70. The van der Waals surface area contributed by atoms with Gasteiger partial charge in [0, 0.05) is 32.3 Å². The minimum Gasteiger partial charge on any atom is -0.380 e. The maximum absolute atomic E-state index is 13.7. The molecule has 0 saturated carbocycles. The summed E-state index contributed by atoms with van der Waals surface area (Å²) in [5.41, 5.74) is 1.83. The van der Waals surface area contributed by atoms with Crippen LogP contribution in [0, 0.1) is 5.82 Å². The van der Waals surface area contributed by atoms with E-state index >= 15 is 0 Å². The van der Waals surface area contributed by atoms with Crippen molar-refractivity contribution in [3.05, 3.63) is 35.1 Å². The molecule has 0 saturated heterocycles. The molecule has 1 unspecified atom stereocenters. The van der Waals surface area contributed by atoms with Crippen LogP contribution < -0.4 is 5.32 Å². The smallest absolute Gasteiger partial charge is 0.127 e. The van der Waals surface area contributed by atoms with Gasteiger partial charge in [0.15, 0.2) is 0 Å². The zero-order valence-electron chi connectivity index (χ0n) is 11.7. The van der Waals surface area contributed by atoms with Crippen molar-refractivity contribution in [2.75, 3.05) is 27.7 Å². The predicted molar refractivity (Wildman–Crippen MR) is 72.0 cm³/mol. The molecule has 1 aromatic carbocycles. The molecule has 0 radical (unpaired) electrons. The lowest BCUT2D eigenvalue weighted by molar-refractivity contribution is 0.0833. The normalized spacial score (nSPS) is 13.0. The van der Waals surface area contributed by atoms with Crippen molar-refractivity contribution < 1.29 is 9.13 Å². The fraction of sp³-hybridized carbons (Fsp3) is 0.571. The summed E-state index contributed by atoms with van der Waals surface area (Å²) < 4.78 is 18.9. The van der Waals surface area contributed by atoms with Crippen molar-refractivity contribution in [2.24, 2.45) is 0 Å². The van der Waals surface area contributed by atoms with E-state index in [1.807, 2.05) is 33.2 Å². The molecule has 1 aromatic rings. The van der Waals surface area contributed by atoms with E-state index in [9.17, 15) is 4.39 Å². The minimum absolute atomic E-state index is 0.147. The lowest BCUT2D eigenvalue weighted by atomic mass is 10.1. The number of halogens is 1. The molecule has 0 aromatic heterocycles. The van der Waals surface area contributed by atoms with E-state index < -0.39 is 0 Å². The molecule has 18 heavy (non-hydrogen) atoms. The quantitative estimate of drug-likeness (QED) is 0.805. The number of benzene rings is 1. The van der Waals surface area contributed by atoms with E-state index in [0.29, 0.717) is 6.54 Å². The molecule has 0 aliphatic heterocycles. The van der Waals surface area contributed by atoms with Gasteiger partial charge >= 0.3 is 0 Å². The van der Waals surface area contributed by atoms with Gasteiger partial charge in [-0.25, -0.2) is 4.39 Å². The molecule has 4 heteroatoms. The summed E-state index contributed by atoms with van der Waals surface area (Å²) >= 11 is 0. The number of methoxy groups -OCH3 is 1. The summed E-state index contributed by atoms with van der Waals surface area (Å²) in [6.45, 7) is 4.14. The first-order valence-corrected chi connectivity index (χ1v) is 6.20. The third kappa shape index (κ3) is 4.72. The average Bonchev–Trinajstić information content (AvgIpc) is 2.33. The number of ether oxygens (including phenoxy) is 1. The Kier molecular flexibility index (Phi) is 6.25. The van der Waals surface area contributed by atoms with Gasteiger partial charge in [-0.1, -0.05) is 12.1 Å². The predicted octanol–water partition coefficient (Wildman–Crippen LogP) is 2.01. The fourth-order valence-electron chi connectivity index (χ4n) is 1.93. The molecule has 0 spiro atoms. The van der Waals surface area contributed by atoms with Crippen molar-refractivity contribution in [1.29, 1.82) is 0 Å². The Bertz CT molecular complexity index is 371. The first-order chi connectivity index (χ1) is 8.56. The van der Waals surface area contributed by atoms with Gasteiger partial charge in [0.05, 0.1) is 6.10 Å². The van der Waals surface area contributed by atoms with Crippen LogP contribution in [0.3, 0.4) is 0 Å². The molecule has 102 valence electrons. The number of hydrogen-bond acceptors (Lipinski definition) is 3. The Morgan fingerprint density at radius 1 is 1.44 bits per heavy atom. The highest BCUT2D eigenvalue weighted by atomic mass is 19.1. The highest BCUT2D eigenvalue weighted by Gasteiger charge is 2.09. The Labute approximate surface area is 109 Å². The third-order valence-corrected chi connectivity index (χ3v) is 2.90. The Hall–Kier alpha value is -0.970.